The number of hydrogen-bond acceptors (Lipinski definition) is 6. The molecule has 6 nitrogen and oxygen atoms in total. The fourth-order valence-corrected chi connectivity index (χ4v) is 1.57. The van der Waals surface area contributed by atoms with Gasteiger partial charge in [-0.25, -0.2) is 9.97 Å². The summed E-state index contributed by atoms with van der Waals surface area (Å²) >= 11 is 0. The van der Waals surface area contributed by atoms with Crippen molar-refractivity contribution in [2.45, 2.75) is 13.5 Å². The number of ether oxygens (including phenoxy) is 1. The minimum absolute atomic E-state index is 0.474. The van der Waals surface area contributed by atoms with Crippen LogP contribution in [0.5, 0.6) is 5.88 Å². The highest BCUT2D eigenvalue weighted by molar-refractivity contribution is 5.48. The minimum Gasteiger partial charge on any atom is -0.480 e. The average Bonchev–Trinajstić information content (AvgIpc) is 2.38. The highest BCUT2D eigenvalue weighted by atomic mass is 16.5. The maximum Gasteiger partial charge on any atom is 0.233 e. The van der Waals surface area contributed by atoms with Gasteiger partial charge in [-0.3, -0.25) is 0 Å². The first kappa shape index (κ1) is 12.4. The van der Waals surface area contributed by atoms with E-state index in [0.717, 1.165) is 11.4 Å². The highest BCUT2D eigenvalue weighted by Gasteiger charge is 2.07. The van der Waals surface area contributed by atoms with E-state index in [9.17, 15) is 0 Å². The Morgan fingerprint density at radius 2 is 2.06 bits per heavy atom. The summed E-state index contributed by atoms with van der Waals surface area (Å²) in [4.78, 5) is 8.79. The molecule has 0 radical (unpaired) electrons. The van der Waals surface area contributed by atoms with Gasteiger partial charge in [0, 0.05) is 18.3 Å². The summed E-state index contributed by atoms with van der Waals surface area (Å²) in [6.45, 7) is 2.63. The molecule has 0 aliphatic rings. The number of nitrogens with zero attached hydrogens (tertiary/aromatic N) is 4. The monoisotopic (exact) mass is 245 g/mol. The second-order valence-electron chi connectivity index (χ2n) is 3.82. The Balaban J connectivity index is 2.36. The van der Waals surface area contributed by atoms with Crippen molar-refractivity contribution in [1.82, 2.24) is 25.5 Å². The van der Waals surface area contributed by atoms with Crippen LogP contribution >= 0.6 is 0 Å². The Labute approximate surface area is 105 Å². The molecule has 94 valence electrons. The Morgan fingerprint density at radius 3 is 2.67 bits per heavy atom. The van der Waals surface area contributed by atoms with E-state index in [4.69, 9.17) is 4.74 Å². The zero-order valence-corrected chi connectivity index (χ0v) is 10.6. The van der Waals surface area contributed by atoms with Gasteiger partial charge in [0.1, 0.15) is 5.69 Å². The molecule has 0 aromatic carbocycles. The van der Waals surface area contributed by atoms with Crippen LogP contribution < -0.4 is 10.1 Å². The van der Waals surface area contributed by atoms with E-state index in [-0.39, 0.29) is 0 Å². The predicted molar refractivity (Wildman–Crippen MR) is 67.1 cm³/mol. The molecule has 0 unspecified atom stereocenters. The molecule has 0 spiro atoms. The maximum atomic E-state index is 4.97. The molecule has 2 heterocycles. The van der Waals surface area contributed by atoms with Crippen LogP contribution in [0.15, 0.2) is 18.2 Å². The van der Waals surface area contributed by atoms with E-state index in [1.807, 2.05) is 20.0 Å². The summed E-state index contributed by atoms with van der Waals surface area (Å²) in [5.41, 5.74) is 2.47. The van der Waals surface area contributed by atoms with E-state index >= 15 is 0 Å². The van der Waals surface area contributed by atoms with Crippen molar-refractivity contribution in [3.63, 3.8) is 0 Å². The van der Waals surface area contributed by atoms with Crippen LogP contribution in [0.1, 0.15) is 11.4 Å². The van der Waals surface area contributed by atoms with Crippen molar-refractivity contribution in [2.75, 3.05) is 14.2 Å². The zero-order valence-electron chi connectivity index (χ0n) is 10.6. The summed E-state index contributed by atoms with van der Waals surface area (Å²) in [7, 11) is 3.43. The van der Waals surface area contributed by atoms with Crippen LogP contribution in [0.2, 0.25) is 0 Å². The average molecular weight is 245 g/mol. The van der Waals surface area contributed by atoms with Crippen LogP contribution in [-0.4, -0.2) is 34.3 Å². The van der Waals surface area contributed by atoms with Gasteiger partial charge in [-0.2, -0.15) is 0 Å². The Morgan fingerprint density at radius 1 is 1.22 bits per heavy atom. The van der Waals surface area contributed by atoms with Crippen LogP contribution in [0.25, 0.3) is 11.5 Å². The molecule has 0 bridgehead atoms. The first-order chi connectivity index (χ1) is 8.72. The van der Waals surface area contributed by atoms with Crippen molar-refractivity contribution in [3.05, 3.63) is 29.6 Å². The van der Waals surface area contributed by atoms with E-state index in [1.165, 1.54) is 0 Å². The predicted octanol–water partition coefficient (Wildman–Crippen LogP) is 0.970. The second kappa shape index (κ2) is 5.50. The summed E-state index contributed by atoms with van der Waals surface area (Å²) in [6.07, 6.45) is 0. The van der Waals surface area contributed by atoms with Crippen LogP contribution in [0, 0.1) is 6.92 Å². The Kier molecular flexibility index (Phi) is 3.78. The van der Waals surface area contributed by atoms with Gasteiger partial charge in [-0.05, 0) is 26.1 Å². The molecule has 2 aromatic rings. The van der Waals surface area contributed by atoms with Crippen molar-refractivity contribution in [3.8, 4) is 17.4 Å². The molecule has 0 saturated heterocycles. The van der Waals surface area contributed by atoms with Crippen molar-refractivity contribution >= 4 is 0 Å². The third-order valence-electron chi connectivity index (χ3n) is 2.34. The van der Waals surface area contributed by atoms with Gasteiger partial charge in [0.2, 0.25) is 5.88 Å². The van der Waals surface area contributed by atoms with Crippen molar-refractivity contribution < 1.29 is 4.74 Å². The van der Waals surface area contributed by atoms with E-state index in [2.05, 4.69) is 25.5 Å². The molecule has 0 amide bonds. The third-order valence-corrected chi connectivity index (χ3v) is 2.34. The number of hydrogen-bond donors (Lipinski definition) is 1. The normalized spacial score (nSPS) is 10.4. The molecule has 0 saturated carbocycles. The molecule has 0 atom stereocenters. The van der Waals surface area contributed by atoms with Crippen LogP contribution in [0.3, 0.4) is 0 Å². The number of methoxy groups -OCH3 is 1. The molecule has 6 heteroatoms. The summed E-state index contributed by atoms with van der Waals surface area (Å²) in [5.74, 6) is 1.05. The van der Waals surface area contributed by atoms with E-state index in [1.54, 1.807) is 19.2 Å². The minimum atomic E-state index is 0.474. The van der Waals surface area contributed by atoms with Crippen molar-refractivity contribution in [2.24, 2.45) is 0 Å². The van der Waals surface area contributed by atoms with Gasteiger partial charge in [0.25, 0.3) is 0 Å². The SMILES string of the molecule is CNCc1cc(C)nc(-c2ccc(OC)nn2)n1. The summed E-state index contributed by atoms with van der Waals surface area (Å²) in [6, 6.07) is 5.48. The number of rotatable bonds is 4. The molecule has 2 aromatic heterocycles. The third kappa shape index (κ3) is 2.78. The van der Waals surface area contributed by atoms with Crippen LogP contribution in [0.4, 0.5) is 0 Å². The van der Waals surface area contributed by atoms with Gasteiger partial charge in [0.15, 0.2) is 5.82 Å². The second-order valence-corrected chi connectivity index (χ2v) is 3.82. The van der Waals surface area contributed by atoms with Gasteiger partial charge in [0.05, 0.1) is 12.8 Å². The quantitative estimate of drug-likeness (QED) is 0.865. The first-order valence-corrected chi connectivity index (χ1v) is 5.60. The van der Waals surface area contributed by atoms with Crippen molar-refractivity contribution in [1.29, 1.82) is 0 Å². The fraction of sp³-hybridized carbons (Fsp3) is 0.333. The zero-order chi connectivity index (χ0) is 13.0. The molecule has 18 heavy (non-hydrogen) atoms. The molecular weight excluding hydrogens is 230 g/mol. The van der Waals surface area contributed by atoms with Gasteiger partial charge >= 0.3 is 0 Å². The Hall–Kier alpha value is -2.08. The molecular formula is C12H15N5O. The Bertz CT molecular complexity index is 526. The molecule has 0 fully saturated rings. The first-order valence-electron chi connectivity index (χ1n) is 5.60. The lowest BCUT2D eigenvalue weighted by Gasteiger charge is -2.05. The highest BCUT2D eigenvalue weighted by Crippen LogP contribution is 2.14. The standard InChI is InChI=1S/C12H15N5O/c1-8-6-9(7-13-2)15-12(14-8)10-4-5-11(18-3)17-16-10/h4-6,13H,7H2,1-3H3. The largest absolute Gasteiger partial charge is 0.480 e. The maximum absolute atomic E-state index is 4.97. The van der Waals surface area contributed by atoms with Gasteiger partial charge in [-0.15, -0.1) is 10.2 Å². The topological polar surface area (TPSA) is 72.8 Å². The van der Waals surface area contributed by atoms with E-state index < -0.39 is 0 Å². The number of aryl methyl sites for hydroxylation is 1. The van der Waals surface area contributed by atoms with Crippen LogP contribution in [-0.2, 0) is 6.54 Å². The lowest BCUT2D eigenvalue weighted by Crippen LogP contribution is -2.09. The smallest absolute Gasteiger partial charge is 0.233 e. The number of nitrogens with one attached hydrogen (secondary N) is 1. The lowest BCUT2D eigenvalue weighted by atomic mass is 10.3. The fourth-order valence-electron chi connectivity index (χ4n) is 1.57. The summed E-state index contributed by atoms with van der Waals surface area (Å²) in [5, 5.41) is 11.0. The molecule has 1 N–H and O–H groups in total. The molecule has 0 aliphatic carbocycles. The lowest BCUT2D eigenvalue weighted by molar-refractivity contribution is 0.392. The van der Waals surface area contributed by atoms with Gasteiger partial charge in [-0.1, -0.05) is 0 Å². The molecule has 2 rings (SSSR count). The van der Waals surface area contributed by atoms with Gasteiger partial charge < -0.3 is 10.1 Å². The summed E-state index contributed by atoms with van der Waals surface area (Å²) < 4.78 is 4.97. The molecule has 0 aliphatic heterocycles. The number of aromatic nitrogens is 4. The van der Waals surface area contributed by atoms with E-state index in [0.29, 0.717) is 23.9 Å².